The van der Waals surface area contributed by atoms with Crippen LogP contribution >= 0.6 is 0 Å². The van der Waals surface area contributed by atoms with Gasteiger partial charge in [0.25, 0.3) is 11.5 Å². The Bertz CT molecular complexity index is 1020. The third-order valence-electron chi connectivity index (χ3n) is 4.01. The topological polar surface area (TPSA) is 118 Å². The van der Waals surface area contributed by atoms with Gasteiger partial charge in [0.15, 0.2) is 6.61 Å². The maximum atomic E-state index is 12.2. The molecule has 3 rings (SSSR count). The summed E-state index contributed by atoms with van der Waals surface area (Å²) < 4.78 is 10.4. The lowest BCUT2D eigenvalue weighted by Crippen LogP contribution is -2.35. The number of H-pyrrole nitrogens is 1. The van der Waals surface area contributed by atoms with Crippen LogP contribution in [-0.4, -0.2) is 34.8 Å². The zero-order valence-corrected chi connectivity index (χ0v) is 16.1. The Hall–Kier alpha value is -3.88. The van der Waals surface area contributed by atoms with Gasteiger partial charge in [-0.15, -0.1) is 10.2 Å². The molecule has 3 aromatic rings. The Kier molecular flexibility index (Phi) is 6.41. The minimum atomic E-state index is -0.452. The van der Waals surface area contributed by atoms with E-state index in [1.54, 1.807) is 31.4 Å². The molecule has 2 aromatic carbocycles. The summed E-state index contributed by atoms with van der Waals surface area (Å²) in [6, 6.07) is 14.6. The molecule has 0 unspecified atom stereocenters. The van der Waals surface area contributed by atoms with Crippen LogP contribution < -0.4 is 25.9 Å². The van der Waals surface area contributed by atoms with Crippen LogP contribution in [0.2, 0.25) is 0 Å². The highest BCUT2D eigenvalue weighted by atomic mass is 16.5. The first kappa shape index (κ1) is 19.9. The van der Waals surface area contributed by atoms with Crippen molar-refractivity contribution < 1.29 is 14.3 Å². The van der Waals surface area contributed by atoms with Crippen LogP contribution in [0.5, 0.6) is 11.5 Å². The molecule has 0 bridgehead atoms. The second kappa shape index (κ2) is 9.36. The van der Waals surface area contributed by atoms with Crippen molar-refractivity contribution in [1.29, 1.82) is 0 Å². The van der Waals surface area contributed by atoms with Crippen LogP contribution in [0.25, 0.3) is 0 Å². The predicted octanol–water partition coefficient (Wildman–Crippen LogP) is 1.59. The minimum Gasteiger partial charge on any atom is -0.497 e. The van der Waals surface area contributed by atoms with Crippen LogP contribution in [-0.2, 0) is 11.2 Å². The number of hydrazine groups is 1. The molecular weight excluding hydrogens is 374 g/mol. The molecule has 0 atom stereocenters. The number of carbonyl (C=O) groups is 1. The first-order valence-electron chi connectivity index (χ1n) is 8.86. The van der Waals surface area contributed by atoms with Gasteiger partial charge in [-0.1, -0.05) is 29.8 Å². The summed E-state index contributed by atoms with van der Waals surface area (Å²) in [4.78, 5) is 26.6. The molecule has 9 heteroatoms. The average Bonchev–Trinajstić information content (AvgIpc) is 2.74. The van der Waals surface area contributed by atoms with Crippen LogP contribution in [0.15, 0.2) is 53.3 Å². The molecule has 1 amide bonds. The standard InChI is InChI=1S/C20H21N5O4/c1-13-3-5-14(6-4-13)11-17-19(27)21-20(24-22-17)25-23-18(26)12-29-16-9-7-15(28-2)8-10-16/h3-10H,11-12H2,1-2H3,(H,23,26)(H2,21,24,25,27). The van der Waals surface area contributed by atoms with E-state index in [1.165, 1.54) is 0 Å². The highest BCUT2D eigenvalue weighted by molar-refractivity contribution is 5.78. The number of methoxy groups -OCH3 is 1. The average molecular weight is 395 g/mol. The lowest BCUT2D eigenvalue weighted by atomic mass is 10.1. The molecule has 0 spiro atoms. The van der Waals surface area contributed by atoms with Gasteiger partial charge < -0.3 is 9.47 Å². The number of hydrogen-bond donors (Lipinski definition) is 3. The van der Waals surface area contributed by atoms with Crippen molar-refractivity contribution in [2.24, 2.45) is 0 Å². The van der Waals surface area contributed by atoms with E-state index in [9.17, 15) is 9.59 Å². The van der Waals surface area contributed by atoms with E-state index in [1.807, 2.05) is 31.2 Å². The van der Waals surface area contributed by atoms with E-state index >= 15 is 0 Å². The van der Waals surface area contributed by atoms with Gasteiger partial charge in [-0.2, -0.15) is 0 Å². The van der Waals surface area contributed by atoms with E-state index in [-0.39, 0.29) is 23.8 Å². The number of aryl methyl sites for hydroxylation is 1. The Morgan fingerprint density at radius 3 is 2.38 bits per heavy atom. The molecule has 1 aromatic heterocycles. The third kappa shape index (κ3) is 5.80. The zero-order valence-electron chi connectivity index (χ0n) is 16.1. The quantitative estimate of drug-likeness (QED) is 0.496. The number of aromatic amines is 1. The number of nitrogens with one attached hydrogen (secondary N) is 3. The van der Waals surface area contributed by atoms with Crippen molar-refractivity contribution in [2.75, 3.05) is 19.1 Å². The maximum Gasteiger partial charge on any atom is 0.276 e. The van der Waals surface area contributed by atoms with Gasteiger partial charge in [0.1, 0.15) is 17.2 Å². The number of anilines is 1. The second-order valence-corrected chi connectivity index (χ2v) is 6.25. The molecule has 0 fully saturated rings. The molecular formula is C20H21N5O4. The van der Waals surface area contributed by atoms with E-state index in [0.29, 0.717) is 17.9 Å². The van der Waals surface area contributed by atoms with Gasteiger partial charge in [0, 0.05) is 6.42 Å². The number of amides is 1. The molecule has 29 heavy (non-hydrogen) atoms. The highest BCUT2D eigenvalue weighted by Crippen LogP contribution is 2.16. The maximum absolute atomic E-state index is 12.2. The Labute approximate surface area is 167 Å². The van der Waals surface area contributed by atoms with Crippen LogP contribution in [0.4, 0.5) is 5.95 Å². The number of carbonyl (C=O) groups excluding carboxylic acids is 1. The lowest BCUT2D eigenvalue weighted by Gasteiger charge is -2.09. The van der Waals surface area contributed by atoms with Gasteiger partial charge >= 0.3 is 0 Å². The first-order valence-corrected chi connectivity index (χ1v) is 8.86. The molecule has 0 aliphatic heterocycles. The lowest BCUT2D eigenvalue weighted by molar-refractivity contribution is -0.122. The Morgan fingerprint density at radius 1 is 1.03 bits per heavy atom. The summed E-state index contributed by atoms with van der Waals surface area (Å²) in [7, 11) is 1.57. The fourth-order valence-corrected chi connectivity index (χ4v) is 2.42. The molecule has 0 aliphatic rings. The van der Waals surface area contributed by atoms with Crippen molar-refractivity contribution >= 4 is 11.9 Å². The van der Waals surface area contributed by atoms with Gasteiger partial charge in [-0.25, -0.2) is 0 Å². The molecule has 0 radical (unpaired) electrons. The molecule has 0 saturated heterocycles. The van der Waals surface area contributed by atoms with E-state index in [4.69, 9.17) is 9.47 Å². The van der Waals surface area contributed by atoms with Crippen LogP contribution in [0.1, 0.15) is 16.8 Å². The number of aromatic nitrogens is 3. The first-order chi connectivity index (χ1) is 14.0. The fraction of sp³-hybridized carbons (Fsp3) is 0.200. The van der Waals surface area contributed by atoms with E-state index in [2.05, 4.69) is 26.0 Å². The molecule has 9 nitrogen and oxygen atoms in total. The van der Waals surface area contributed by atoms with Crippen molar-refractivity contribution in [3.05, 3.63) is 75.7 Å². The highest BCUT2D eigenvalue weighted by Gasteiger charge is 2.08. The van der Waals surface area contributed by atoms with Crippen LogP contribution in [0.3, 0.4) is 0 Å². The summed E-state index contributed by atoms with van der Waals surface area (Å²) in [5.74, 6) is 0.791. The number of nitrogens with zero attached hydrogens (tertiary/aromatic N) is 2. The fourth-order valence-electron chi connectivity index (χ4n) is 2.42. The molecule has 0 saturated carbocycles. The number of benzene rings is 2. The summed E-state index contributed by atoms with van der Waals surface area (Å²) in [5.41, 5.74) is 6.89. The van der Waals surface area contributed by atoms with Crippen molar-refractivity contribution in [1.82, 2.24) is 20.6 Å². The summed E-state index contributed by atoms with van der Waals surface area (Å²) >= 11 is 0. The van der Waals surface area contributed by atoms with Gasteiger partial charge in [0.05, 0.1) is 7.11 Å². The van der Waals surface area contributed by atoms with E-state index < -0.39 is 5.91 Å². The van der Waals surface area contributed by atoms with E-state index in [0.717, 1.165) is 11.1 Å². The Morgan fingerprint density at radius 2 is 1.72 bits per heavy atom. The summed E-state index contributed by atoms with van der Waals surface area (Å²) in [5, 5.41) is 7.81. The number of rotatable bonds is 8. The normalized spacial score (nSPS) is 10.3. The van der Waals surface area contributed by atoms with Gasteiger partial charge in [-0.3, -0.25) is 25.4 Å². The van der Waals surface area contributed by atoms with Crippen LogP contribution in [0, 0.1) is 6.92 Å². The SMILES string of the molecule is COc1ccc(OCC(=O)NNc2nnc(Cc3ccc(C)cc3)c(=O)[nH]2)cc1. The number of hydrogen-bond acceptors (Lipinski definition) is 7. The third-order valence-corrected chi connectivity index (χ3v) is 4.01. The number of ether oxygens (including phenoxy) is 2. The summed E-state index contributed by atoms with van der Waals surface area (Å²) in [6.45, 7) is 1.77. The van der Waals surface area contributed by atoms with Gasteiger partial charge in [0.2, 0.25) is 5.95 Å². The van der Waals surface area contributed by atoms with Crippen molar-refractivity contribution in [2.45, 2.75) is 13.3 Å². The van der Waals surface area contributed by atoms with Crippen molar-refractivity contribution in [3.8, 4) is 11.5 Å². The molecule has 150 valence electrons. The van der Waals surface area contributed by atoms with Crippen molar-refractivity contribution in [3.63, 3.8) is 0 Å². The minimum absolute atomic E-state index is 0.0282. The largest absolute Gasteiger partial charge is 0.497 e. The monoisotopic (exact) mass is 395 g/mol. The van der Waals surface area contributed by atoms with Gasteiger partial charge in [-0.05, 0) is 36.8 Å². The second-order valence-electron chi connectivity index (χ2n) is 6.25. The Balaban J connectivity index is 1.49. The smallest absolute Gasteiger partial charge is 0.276 e. The zero-order chi connectivity index (χ0) is 20.6. The molecule has 1 heterocycles. The molecule has 0 aliphatic carbocycles. The predicted molar refractivity (Wildman–Crippen MR) is 107 cm³/mol. The summed E-state index contributed by atoms with van der Waals surface area (Å²) in [6.07, 6.45) is 0.366. The molecule has 3 N–H and O–H groups in total.